The number of ether oxygens (including phenoxy) is 1. The highest BCUT2D eigenvalue weighted by atomic mass is 35.5. The van der Waals surface area contributed by atoms with Gasteiger partial charge in [0.15, 0.2) is 5.60 Å². The SMILES string of the molecule is CN(c1cccc(-c2ccc(C3(C(F)(F)F)CCO3)cc2)c1)c1nc2nnc(Cl)n2c2ccccc12. The van der Waals surface area contributed by atoms with Gasteiger partial charge in [-0.3, -0.25) is 0 Å². The van der Waals surface area contributed by atoms with Gasteiger partial charge in [-0.1, -0.05) is 48.5 Å². The molecule has 1 aliphatic rings. The molecule has 2 aromatic heterocycles. The lowest BCUT2D eigenvalue weighted by Gasteiger charge is -2.43. The van der Waals surface area contributed by atoms with E-state index in [0.717, 1.165) is 27.7 Å². The predicted molar refractivity (Wildman–Crippen MR) is 132 cm³/mol. The molecule has 1 saturated heterocycles. The Kier molecular flexibility index (Phi) is 5.17. The average Bonchev–Trinajstić information content (AvgIpc) is 3.23. The van der Waals surface area contributed by atoms with Crippen LogP contribution in [0.2, 0.25) is 5.28 Å². The van der Waals surface area contributed by atoms with E-state index in [9.17, 15) is 13.2 Å². The van der Waals surface area contributed by atoms with Gasteiger partial charge in [0, 0.05) is 24.5 Å². The minimum atomic E-state index is -4.46. The van der Waals surface area contributed by atoms with Gasteiger partial charge >= 0.3 is 6.18 Å². The van der Waals surface area contributed by atoms with Crippen LogP contribution >= 0.6 is 11.6 Å². The van der Waals surface area contributed by atoms with E-state index in [1.54, 1.807) is 16.5 Å². The normalized spacial score (nSPS) is 17.9. The molecular formula is C26H19ClF3N5O. The second-order valence-corrected chi connectivity index (χ2v) is 9.00. The van der Waals surface area contributed by atoms with Crippen molar-refractivity contribution < 1.29 is 17.9 Å². The van der Waals surface area contributed by atoms with E-state index in [1.807, 2.05) is 60.5 Å². The van der Waals surface area contributed by atoms with E-state index in [2.05, 4.69) is 10.2 Å². The van der Waals surface area contributed by atoms with Gasteiger partial charge in [-0.2, -0.15) is 18.2 Å². The second kappa shape index (κ2) is 8.18. The zero-order valence-corrected chi connectivity index (χ0v) is 19.8. The average molecular weight is 510 g/mol. The number of anilines is 2. The van der Waals surface area contributed by atoms with Crippen molar-refractivity contribution in [3.05, 3.63) is 83.6 Å². The first kappa shape index (κ1) is 22.8. The van der Waals surface area contributed by atoms with Gasteiger partial charge in [0.05, 0.1) is 12.1 Å². The maximum atomic E-state index is 13.6. The van der Waals surface area contributed by atoms with Crippen molar-refractivity contribution in [2.45, 2.75) is 18.2 Å². The van der Waals surface area contributed by atoms with E-state index >= 15 is 0 Å². The largest absolute Gasteiger partial charge is 0.421 e. The molecule has 182 valence electrons. The van der Waals surface area contributed by atoms with Crippen molar-refractivity contribution in [1.82, 2.24) is 19.6 Å². The summed E-state index contributed by atoms with van der Waals surface area (Å²) in [6.45, 7) is 0.102. The smallest absolute Gasteiger partial charge is 0.361 e. The van der Waals surface area contributed by atoms with Gasteiger partial charge in [0.1, 0.15) is 5.82 Å². The van der Waals surface area contributed by atoms with Gasteiger partial charge in [0.25, 0.3) is 5.78 Å². The quantitative estimate of drug-likeness (QED) is 0.275. The zero-order chi connectivity index (χ0) is 25.1. The number of fused-ring (bicyclic) bond motifs is 3. The maximum Gasteiger partial charge on any atom is 0.421 e. The van der Waals surface area contributed by atoms with Crippen LogP contribution in [0.3, 0.4) is 0 Å². The van der Waals surface area contributed by atoms with Crippen LogP contribution in [0, 0.1) is 0 Å². The van der Waals surface area contributed by atoms with Crippen molar-refractivity contribution in [2.24, 2.45) is 0 Å². The fourth-order valence-corrected chi connectivity index (χ4v) is 4.88. The van der Waals surface area contributed by atoms with Gasteiger partial charge in [-0.15, -0.1) is 10.2 Å². The highest BCUT2D eigenvalue weighted by Gasteiger charge is 2.61. The topological polar surface area (TPSA) is 55.5 Å². The molecule has 1 aliphatic heterocycles. The van der Waals surface area contributed by atoms with Gasteiger partial charge in [0.2, 0.25) is 5.28 Å². The standard InChI is InChI=1S/C26H19ClF3N5O/c1-34(22-20-7-2-3-8-21(20)35-23(27)32-33-24(35)31-22)19-6-4-5-17(15-19)16-9-11-18(12-10-16)25(13-14-36-25)26(28,29)30/h2-12,15H,13-14H2,1H3. The lowest BCUT2D eigenvalue weighted by atomic mass is 9.85. The summed E-state index contributed by atoms with van der Waals surface area (Å²) in [7, 11) is 1.90. The van der Waals surface area contributed by atoms with Gasteiger partial charge in [-0.25, -0.2) is 4.40 Å². The van der Waals surface area contributed by atoms with E-state index in [1.165, 1.54) is 12.1 Å². The van der Waals surface area contributed by atoms with Crippen molar-refractivity contribution in [3.63, 3.8) is 0 Å². The van der Waals surface area contributed by atoms with Crippen LogP contribution in [-0.4, -0.2) is 39.4 Å². The molecule has 0 bridgehead atoms. The molecule has 1 fully saturated rings. The molecule has 1 atom stereocenters. The van der Waals surface area contributed by atoms with Crippen LogP contribution < -0.4 is 4.90 Å². The second-order valence-electron chi connectivity index (χ2n) is 8.67. The molecular weight excluding hydrogens is 491 g/mol. The summed E-state index contributed by atoms with van der Waals surface area (Å²) in [4.78, 5) is 6.62. The third-order valence-corrected chi connectivity index (χ3v) is 6.94. The summed E-state index contributed by atoms with van der Waals surface area (Å²) in [6.07, 6.45) is -4.53. The number of hydrogen-bond donors (Lipinski definition) is 0. The third kappa shape index (κ3) is 3.42. The van der Waals surface area contributed by atoms with Crippen molar-refractivity contribution in [2.75, 3.05) is 18.6 Å². The number of nitrogens with zero attached hydrogens (tertiary/aromatic N) is 5. The van der Waals surface area contributed by atoms with Crippen LogP contribution in [-0.2, 0) is 10.3 Å². The first-order valence-corrected chi connectivity index (χ1v) is 11.6. The Morgan fingerprint density at radius 1 is 0.972 bits per heavy atom. The predicted octanol–water partition coefficient (Wildman–Crippen LogP) is 6.54. The molecule has 0 aliphatic carbocycles. The molecule has 6 rings (SSSR count). The molecule has 0 saturated carbocycles. The Morgan fingerprint density at radius 2 is 1.72 bits per heavy atom. The Hall–Kier alpha value is -3.69. The van der Waals surface area contributed by atoms with Crippen LogP contribution in [0.4, 0.5) is 24.7 Å². The Balaban J connectivity index is 1.37. The number of para-hydroxylation sites is 1. The molecule has 3 aromatic carbocycles. The van der Waals surface area contributed by atoms with Crippen molar-refractivity contribution >= 4 is 39.8 Å². The molecule has 0 N–H and O–H groups in total. The number of rotatable bonds is 4. The number of alkyl halides is 3. The Bertz CT molecular complexity index is 1600. The molecule has 6 nitrogen and oxygen atoms in total. The van der Waals surface area contributed by atoms with E-state index in [-0.39, 0.29) is 23.9 Å². The molecule has 36 heavy (non-hydrogen) atoms. The van der Waals surface area contributed by atoms with E-state index in [4.69, 9.17) is 21.3 Å². The van der Waals surface area contributed by atoms with Crippen molar-refractivity contribution in [3.8, 4) is 11.1 Å². The molecule has 0 radical (unpaired) electrons. The number of benzene rings is 3. The third-order valence-electron chi connectivity index (χ3n) is 6.69. The number of aromatic nitrogens is 4. The minimum absolute atomic E-state index is 0.0707. The Morgan fingerprint density at radius 3 is 2.42 bits per heavy atom. The van der Waals surface area contributed by atoms with E-state index < -0.39 is 11.8 Å². The lowest BCUT2D eigenvalue weighted by Crippen LogP contribution is -2.52. The van der Waals surface area contributed by atoms with Crippen LogP contribution in [0.25, 0.3) is 27.8 Å². The minimum Gasteiger partial charge on any atom is -0.361 e. The number of halogens is 4. The monoisotopic (exact) mass is 509 g/mol. The first-order chi connectivity index (χ1) is 17.3. The van der Waals surface area contributed by atoms with Crippen LogP contribution in [0.15, 0.2) is 72.8 Å². The molecule has 0 amide bonds. The number of hydrogen-bond acceptors (Lipinski definition) is 5. The molecule has 1 unspecified atom stereocenters. The first-order valence-electron chi connectivity index (χ1n) is 11.2. The summed E-state index contributed by atoms with van der Waals surface area (Å²) in [5, 5.41) is 9.11. The summed E-state index contributed by atoms with van der Waals surface area (Å²) in [5.41, 5.74) is 1.24. The fraction of sp³-hybridized carbons (Fsp3) is 0.192. The van der Waals surface area contributed by atoms with Crippen molar-refractivity contribution in [1.29, 1.82) is 0 Å². The zero-order valence-electron chi connectivity index (χ0n) is 19.0. The molecule has 3 heterocycles. The van der Waals surface area contributed by atoms with E-state index in [0.29, 0.717) is 11.6 Å². The highest BCUT2D eigenvalue weighted by Crippen LogP contribution is 2.50. The van der Waals surface area contributed by atoms with Crippen LogP contribution in [0.1, 0.15) is 12.0 Å². The summed E-state index contributed by atoms with van der Waals surface area (Å²) >= 11 is 6.23. The fourth-order valence-electron chi connectivity index (χ4n) is 4.68. The van der Waals surface area contributed by atoms with Crippen LogP contribution in [0.5, 0.6) is 0 Å². The maximum absolute atomic E-state index is 13.6. The summed E-state index contributed by atoms with van der Waals surface area (Å²) < 4.78 is 47.6. The molecule has 0 spiro atoms. The Labute approximate surface area is 208 Å². The van der Waals surface area contributed by atoms with Gasteiger partial charge in [-0.05, 0) is 52.6 Å². The lowest BCUT2D eigenvalue weighted by molar-refractivity contribution is -0.333. The highest BCUT2D eigenvalue weighted by molar-refractivity contribution is 6.29. The molecule has 10 heteroatoms. The van der Waals surface area contributed by atoms with Gasteiger partial charge < -0.3 is 9.64 Å². The molecule has 5 aromatic rings. The summed E-state index contributed by atoms with van der Waals surface area (Å²) in [6, 6.07) is 21.8. The summed E-state index contributed by atoms with van der Waals surface area (Å²) in [5.74, 6) is 1.05.